The average Bonchev–Trinajstić information content (AvgIpc) is 2.79. The van der Waals surface area contributed by atoms with Gasteiger partial charge in [-0.25, -0.2) is 0 Å². The monoisotopic (exact) mass is 248 g/mol. The van der Waals surface area contributed by atoms with Gasteiger partial charge < -0.3 is 15.0 Å². The minimum Gasteiger partial charge on any atom is -0.495 e. The van der Waals surface area contributed by atoms with Gasteiger partial charge in [-0.1, -0.05) is 12.1 Å². The third kappa shape index (κ3) is 2.16. The van der Waals surface area contributed by atoms with Crippen molar-refractivity contribution in [2.24, 2.45) is 5.92 Å². The molecule has 1 saturated heterocycles. The van der Waals surface area contributed by atoms with E-state index in [1.165, 1.54) is 0 Å². The fraction of sp³-hybridized carbons (Fsp3) is 0.385. The second kappa shape index (κ2) is 5.08. The largest absolute Gasteiger partial charge is 0.495 e. The summed E-state index contributed by atoms with van der Waals surface area (Å²) in [5.41, 5.74) is 0.719. The predicted octanol–water partition coefficient (Wildman–Crippen LogP) is 0.794. The Balaban J connectivity index is 2.24. The van der Waals surface area contributed by atoms with E-state index < -0.39 is 0 Å². The molecule has 1 N–H and O–H groups in total. The first-order valence-electron chi connectivity index (χ1n) is 5.82. The Bertz CT molecular complexity index is 473. The summed E-state index contributed by atoms with van der Waals surface area (Å²) in [5, 5.41) is 2.58. The number of hydrogen-bond acceptors (Lipinski definition) is 3. The molecule has 0 aliphatic carbocycles. The third-order valence-corrected chi connectivity index (χ3v) is 3.12. The van der Waals surface area contributed by atoms with Crippen LogP contribution in [0.5, 0.6) is 5.75 Å². The van der Waals surface area contributed by atoms with Crippen LogP contribution in [0, 0.1) is 5.92 Å². The molecule has 1 fully saturated rings. The van der Waals surface area contributed by atoms with Crippen LogP contribution in [0.2, 0.25) is 0 Å². The first-order valence-corrected chi connectivity index (χ1v) is 5.82. The molecule has 5 heteroatoms. The first-order chi connectivity index (χ1) is 8.67. The Labute approximate surface area is 106 Å². The Hall–Kier alpha value is -2.04. The molecule has 0 bridgehead atoms. The maximum Gasteiger partial charge on any atom is 0.227 e. The zero-order chi connectivity index (χ0) is 13.1. The van der Waals surface area contributed by atoms with Gasteiger partial charge in [-0.3, -0.25) is 9.59 Å². The van der Waals surface area contributed by atoms with Crippen molar-refractivity contribution >= 4 is 17.5 Å². The molecule has 0 spiro atoms. The number of ether oxygens (including phenoxy) is 1. The van der Waals surface area contributed by atoms with Gasteiger partial charge in [-0.2, -0.15) is 0 Å². The van der Waals surface area contributed by atoms with E-state index >= 15 is 0 Å². The number of hydrogen-bond donors (Lipinski definition) is 1. The van der Waals surface area contributed by atoms with E-state index in [9.17, 15) is 9.59 Å². The highest BCUT2D eigenvalue weighted by atomic mass is 16.5. The molecule has 18 heavy (non-hydrogen) atoms. The minimum atomic E-state index is -0.285. The molecule has 2 amide bonds. The molecular weight excluding hydrogens is 232 g/mol. The summed E-state index contributed by atoms with van der Waals surface area (Å²) in [5.74, 6) is 0.213. The number of anilines is 1. The highest BCUT2D eigenvalue weighted by molar-refractivity contribution is 6.01. The van der Waals surface area contributed by atoms with Crippen LogP contribution in [-0.4, -0.2) is 32.5 Å². The van der Waals surface area contributed by atoms with E-state index in [0.29, 0.717) is 12.3 Å². The van der Waals surface area contributed by atoms with Crippen molar-refractivity contribution in [3.63, 3.8) is 0 Å². The zero-order valence-electron chi connectivity index (χ0n) is 10.5. The van der Waals surface area contributed by atoms with Crippen LogP contribution >= 0.6 is 0 Å². The molecule has 1 aliphatic rings. The summed E-state index contributed by atoms with van der Waals surface area (Å²) in [7, 11) is 3.15. The van der Waals surface area contributed by atoms with Crippen LogP contribution in [0.4, 0.5) is 5.69 Å². The molecule has 1 aliphatic heterocycles. The fourth-order valence-corrected chi connectivity index (χ4v) is 2.17. The maximum atomic E-state index is 12.0. The summed E-state index contributed by atoms with van der Waals surface area (Å²) in [6, 6.07) is 7.32. The number of methoxy groups -OCH3 is 1. The lowest BCUT2D eigenvalue weighted by Crippen LogP contribution is -2.30. The van der Waals surface area contributed by atoms with E-state index in [0.717, 1.165) is 5.69 Å². The summed E-state index contributed by atoms with van der Waals surface area (Å²) in [6.45, 7) is 0.402. The van der Waals surface area contributed by atoms with E-state index in [1.54, 1.807) is 25.1 Å². The Morgan fingerprint density at radius 3 is 2.83 bits per heavy atom. The summed E-state index contributed by atoms with van der Waals surface area (Å²) >= 11 is 0. The normalized spacial score (nSPS) is 18.9. The quantitative estimate of drug-likeness (QED) is 0.860. The summed E-state index contributed by atoms with van der Waals surface area (Å²) in [6.07, 6.45) is 0.248. The molecule has 5 nitrogen and oxygen atoms in total. The molecule has 96 valence electrons. The van der Waals surface area contributed by atoms with Crippen LogP contribution in [0.15, 0.2) is 24.3 Å². The topological polar surface area (TPSA) is 58.6 Å². The van der Waals surface area contributed by atoms with Crippen LogP contribution < -0.4 is 15.0 Å². The van der Waals surface area contributed by atoms with E-state index in [2.05, 4.69) is 5.32 Å². The van der Waals surface area contributed by atoms with E-state index in [4.69, 9.17) is 4.74 Å². The van der Waals surface area contributed by atoms with Gasteiger partial charge in [0.2, 0.25) is 11.8 Å². The van der Waals surface area contributed by atoms with Gasteiger partial charge in [0.25, 0.3) is 0 Å². The molecule has 0 saturated carbocycles. The smallest absolute Gasteiger partial charge is 0.227 e. The van der Waals surface area contributed by atoms with Gasteiger partial charge >= 0.3 is 0 Å². The van der Waals surface area contributed by atoms with Crippen LogP contribution in [0.3, 0.4) is 0 Å². The van der Waals surface area contributed by atoms with Gasteiger partial charge in [-0.05, 0) is 12.1 Å². The SMILES string of the molecule is CNC(=O)C1CC(=O)N(c2ccccc2OC)C1. The van der Waals surface area contributed by atoms with Crippen molar-refractivity contribution < 1.29 is 14.3 Å². The molecule has 2 rings (SSSR count). The lowest BCUT2D eigenvalue weighted by Gasteiger charge is -2.19. The summed E-state index contributed by atoms with van der Waals surface area (Å²) in [4.78, 5) is 25.1. The number of para-hydroxylation sites is 2. The average molecular weight is 248 g/mol. The van der Waals surface area contributed by atoms with Gasteiger partial charge in [0.1, 0.15) is 5.75 Å². The Morgan fingerprint density at radius 1 is 1.44 bits per heavy atom. The standard InChI is InChI=1S/C13H16N2O3/c1-14-13(17)9-7-12(16)15(8-9)10-5-3-4-6-11(10)18-2/h3-6,9H,7-8H2,1-2H3,(H,14,17). The molecule has 1 atom stereocenters. The number of amides is 2. The van der Waals surface area contributed by atoms with E-state index in [-0.39, 0.29) is 24.2 Å². The highest BCUT2D eigenvalue weighted by Crippen LogP contribution is 2.32. The van der Waals surface area contributed by atoms with Gasteiger partial charge in [0.15, 0.2) is 0 Å². The van der Waals surface area contributed by atoms with Crippen molar-refractivity contribution in [3.8, 4) is 5.75 Å². The number of rotatable bonds is 3. The van der Waals surface area contributed by atoms with Crippen molar-refractivity contribution in [1.29, 1.82) is 0 Å². The predicted molar refractivity (Wildman–Crippen MR) is 67.5 cm³/mol. The number of benzene rings is 1. The highest BCUT2D eigenvalue weighted by Gasteiger charge is 2.35. The van der Waals surface area contributed by atoms with Gasteiger partial charge in [-0.15, -0.1) is 0 Å². The van der Waals surface area contributed by atoms with Crippen molar-refractivity contribution in [2.45, 2.75) is 6.42 Å². The van der Waals surface area contributed by atoms with E-state index in [1.807, 2.05) is 18.2 Å². The van der Waals surface area contributed by atoms with Gasteiger partial charge in [0, 0.05) is 20.0 Å². The van der Waals surface area contributed by atoms with Crippen molar-refractivity contribution in [1.82, 2.24) is 5.32 Å². The van der Waals surface area contributed by atoms with Gasteiger partial charge in [0.05, 0.1) is 18.7 Å². The Kier molecular flexibility index (Phi) is 3.50. The Morgan fingerprint density at radius 2 is 2.17 bits per heavy atom. The molecule has 0 aromatic heterocycles. The van der Waals surface area contributed by atoms with Crippen LogP contribution in [-0.2, 0) is 9.59 Å². The minimum absolute atomic E-state index is 0.0481. The lowest BCUT2D eigenvalue weighted by molar-refractivity contribution is -0.125. The molecule has 1 aromatic rings. The molecular formula is C13H16N2O3. The molecule has 0 radical (unpaired) electrons. The second-order valence-corrected chi connectivity index (χ2v) is 4.19. The molecule has 1 heterocycles. The maximum absolute atomic E-state index is 12.0. The van der Waals surface area contributed by atoms with Crippen molar-refractivity contribution in [3.05, 3.63) is 24.3 Å². The number of carbonyl (C=O) groups is 2. The number of carbonyl (C=O) groups excluding carboxylic acids is 2. The van der Waals surface area contributed by atoms with Crippen LogP contribution in [0.1, 0.15) is 6.42 Å². The first kappa shape index (κ1) is 12.4. The number of nitrogens with zero attached hydrogens (tertiary/aromatic N) is 1. The summed E-state index contributed by atoms with van der Waals surface area (Å²) < 4.78 is 5.23. The van der Waals surface area contributed by atoms with Crippen LogP contribution in [0.25, 0.3) is 0 Å². The fourth-order valence-electron chi connectivity index (χ4n) is 2.17. The lowest BCUT2D eigenvalue weighted by atomic mass is 10.1. The second-order valence-electron chi connectivity index (χ2n) is 4.19. The zero-order valence-corrected chi connectivity index (χ0v) is 10.5. The molecule has 1 unspecified atom stereocenters. The molecule has 1 aromatic carbocycles. The third-order valence-electron chi connectivity index (χ3n) is 3.12. The number of nitrogens with one attached hydrogen (secondary N) is 1. The van der Waals surface area contributed by atoms with Crippen molar-refractivity contribution in [2.75, 3.05) is 25.6 Å².